The summed E-state index contributed by atoms with van der Waals surface area (Å²) < 4.78 is 0. The summed E-state index contributed by atoms with van der Waals surface area (Å²) in [5, 5.41) is 3.54. The molecule has 0 saturated carbocycles. The third-order valence-corrected chi connectivity index (χ3v) is 4.26. The number of hydrogen-bond donors (Lipinski definition) is 1. The SMILES string of the molecule is CCCCCC(C)(C)CN1CCNCC1C(C)C. The van der Waals surface area contributed by atoms with Crippen LogP contribution in [-0.2, 0) is 0 Å². The van der Waals surface area contributed by atoms with Gasteiger partial charge in [-0.3, -0.25) is 4.90 Å². The second-order valence-corrected chi connectivity index (χ2v) is 7.11. The van der Waals surface area contributed by atoms with E-state index in [4.69, 9.17) is 0 Å². The summed E-state index contributed by atoms with van der Waals surface area (Å²) in [6.07, 6.45) is 5.48. The second kappa shape index (κ2) is 7.49. The average Bonchev–Trinajstić information content (AvgIpc) is 2.29. The first-order valence-corrected chi connectivity index (χ1v) is 7.91. The van der Waals surface area contributed by atoms with Crippen LogP contribution in [0.5, 0.6) is 0 Å². The molecule has 1 aliphatic rings. The highest BCUT2D eigenvalue weighted by Gasteiger charge is 2.29. The van der Waals surface area contributed by atoms with Gasteiger partial charge in [0.15, 0.2) is 0 Å². The molecule has 0 aromatic heterocycles. The van der Waals surface area contributed by atoms with E-state index in [1.165, 1.54) is 45.3 Å². The Morgan fingerprint density at radius 1 is 1.28 bits per heavy atom. The number of unbranched alkanes of at least 4 members (excludes halogenated alkanes) is 2. The van der Waals surface area contributed by atoms with Gasteiger partial charge in [-0.25, -0.2) is 0 Å². The highest BCUT2D eigenvalue weighted by atomic mass is 15.2. The van der Waals surface area contributed by atoms with E-state index in [-0.39, 0.29) is 0 Å². The molecule has 1 saturated heterocycles. The minimum absolute atomic E-state index is 0.472. The van der Waals surface area contributed by atoms with Crippen molar-refractivity contribution in [3.63, 3.8) is 0 Å². The average molecular weight is 254 g/mol. The van der Waals surface area contributed by atoms with Crippen LogP contribution in [0.3, 0.4) is 0 Å². The Bertz CT molecular complexity index is 223. The predicted octanol–water partition coefficient (Wildman–Crippen LogP) is 3.52. The topological polar surface area (TPSA) is 15.3 Å². The van der Waals surface area contributed by atoms with E-state index in [9.17, 15) is 0 Å². The van der Waals surface area contributed by atoms with Gasteiger partial charge < -0.3 is 5.32 Å². The van der Waals surface area contributed by atoms with Crippen LogP contribution < -0.4 is 5.32 Å². The van der Waals surface area contributed by atoms with E-state index in [2.05, 4.69) is 44.8 Å². The van der Waals surface area contributed by atoms with Crippen LogP contribution in [-0.4, -0.2) is 37.1 Å². The van der Waals surface area contributed by atoms with Crippen LogP contribution in [0, 0.1) is 11.3 Å². The summed E-state index contributed by atoms with van der Waals surface area (Å²) in [5.41, 5.74) is 0.472. The number of nitrogens with zero attached hydrogens (tertiary/aromatic N) is 1. The first kappa shape index (κ1) is 16.0. The molecule has 0 aromatic rings. The fourth-order valence-corrected chi connectivity index (χ4v) is 3.10. The van der Waals surface area contributed by atoms with Crippen molar-refractivity contribution < 1.29 is 0 Å². The lowest BCUT2D eigenvalue weighted by Crippen LogP contribution is -2.55. The minimum Gasteiger partial charge on any atom is -0.314 e. The highest BCUT2D eigenvalue weighted by Crippen LogP contribution is 2.27. The Morgan fingerprint density at radius 3 is 2.61 bits per heavy atom. The van der Waals surface area contributed by atoms with E-state index in [0.29, 0.717) is 5.41 Å². The summed E-state index contributed by atoms with van der Waals surface area (Å²) in [6.45, 7) is 16.7. The fourth-order valence-electron chi connectivity index (χ4n) is 3.10. The molecule has 2 heteroatoms. The molecule has 108 valence electrons. The van der Waals surface area contributed by atoms with Crippen molar-refractivity contribution in [3.05, 3.63) is 0 Å². The van der Waals surface area contributed by atoms with E-state index >= 15 is 0 Å². The Balaban J connectivity index is 2.46. The number of piperazine rings is 1. The zero-order chi connectivity index (χ0) is 13.6. The molecule has 1 fully saturated rings. The van der Waals surface area contributed by atoms with Gasteiger partial charge >= 0.3 is 0 Å². The van der Waals surface area contributed by atoms with Crippen molar-refractivity contribution in [3.8, 4) is 0 Å². The highest BCUT2D eigenvalue weighted by molar-refractivity contribution is 4.85. The lowest BCUT2D eigenvalue weighted by molar-refractivity contribution is 0.0755. The second-order valence-electron chi connectivity index (χ2n) is 7.11. The summed E-state index contributed by atoms with van der Waals surface area (Å²) in [4.78, 5) is 2.73. The third-order valence-electron chi connectivity index (χ3n) is 4.26. The maximum absolute atomic E-state index is 3.54. The zero-order valence-electron chi connectivity index (χ0n) is 13.3. The number of hydrogen-bond acceptors (Lipinski definition) is 2. The standard InChI is InChI=1S/C16H34N2/c1-6-7-8-9-16(4,5)13-18-11-10-17-12-15(18)14(2)3/h14-15,17H,6-13H2,1-5H3. The first-order valence-electron chi connectivity index (χ1n) is 7.91. The Labute approximate surface area is 115 Å². The first-order chi connectivity index (χ1) is 8.46. The van der Waals surface area contributed by atoms with E-state index in [1.807, 2.05) is 0 Å². The minimum atomic E-state index is 0.472. The van der Waals surface area contributed by atoms with Gasteiger partial charge in [0.25, 0.3) is 0 Å². The smallest absolute Gasteiger partial charge is 0.0244 e. The monoisotopic (exact) mass is 254 g/mol. The maximum atomic E-state index is 3.54. The van der Waals surface area contributed by atoms with Crippen LogP contribution in [0.4, 0.5) is 0 Å². The Hall–Kier alpha value is -0.0800. The van der Waals surface area contributed by atoms with Gasteiger partial charge in [-0.1, -0.05) is 53.9 Å². The lowest BCUT2D eigenvalue weighted by Gasteiger charge is -2.42. The zero-order valence-corrected chi connectivity index (χ0v) is 13.3. The predicted molar refractivity (Wildman–Crippen MR) is 81.0 cm³/mol. The van der Waals surface area contributed by atoms with Gasteiger partial charge in [-0.15, -0.1) is 0 Å². The molecule has 1 N–H and O–H groups in total. The van der Waals surface area contributed by atoms with E-state index in [0.717, 1.165) is 18.5 Å². The van der Waals surface area contributed by atoms with Gasteiger partial charge in [0.05, 0.1) is 0 Å². The van der Waals surface area contributed by atoms with Gasteiger partial charge in [0, 0.05) is 32.2 Å². The van der Waals surface area contributed by atoms with Crippen LogP contribution in [0.2, 0.25) is 0 Å². The summed E-state index contributed by atoms with van der Waals surface area (Å²) in [7, 11) is 0. The molecule has 0 amide bonds. The van der Waals surface area contributed by atoms with E-state index < -0.39 is 0 Å². The van der Waals surface area contributed by atoms with Gasteiger partial charge in [-0.05, 0) is 17.8 Å². The largest absolute Gasteiger partial charge is 0.314 e. The summed E-state index contributed by atoms with van der Waals surface area (Å²) in [5.74, 6) is 0.754. The van der Waals surface area contributed by atoms with Crippen LogP contribution >= 0.6 is 0 Å². The van der Waals surface area contributed by atoms with Crippen molar-refractivity contribution in [1.82, 2.24) is 10.2 Å². The van der Waals surface area contributed by atoms with Crippen molar-refractivity contribution in [2.45, 2.75) is 66.3 Å². The quantitative estimate of drug-likeness (QED) is 0.699. The fraction of sp³-hybridized carbons (Fsp3) is 1.00. The number of rotatable bonds is 7. The summed E-state index contributed by atoms with van der Waals surface area (Å²) >= 11 is 0. The molecule has 1 atom stereocenters. The third kappa shape index (κ3) is 5.27. The molecule has 18 heavy (non-hydrogen) atoms. The lowest BCUT2D eigenvalue weighted by atomic mass is 9.85. The van der Waals surface area contributed by atoms with Crippen molar-refractivity contribution in [2.24, 2.45) is 11.3 Å². The van der Waals surface area contributed by atoms with Crippen molar-refractivity contribution in [2.75, 3.05) is 26.2 Å². The molecule has 1 rings (SSSR count). The molecular weight excluding hydrogens is 220 g/mol. The molecule has 0 spiro atoms. The molecule has 1 heterocycles. The Morgan fingerprint density at radius 2 is 2.00 bits per heavy atom. The number of nitrogens with one attached hydrogen (secondary N) is 1. The molecule has 2 nitrogen and oxygen atoms in total. The maximum Gasteiger partial charge on any atom is 0.0244 e. The van der Waals surface area contributed by atoms with Crippen LogP contribution in [0.15, 0.2) is 0 Å². The molecule has 0 aliphatic carbocycles. The van der Waals surface area contributed by atoms with Gasteiger partial charge in [-0.2, -0.15) is 0 Å². The Kier molecular flexibility index (Phi) is 6.65. The molecule has 1 unspecified atom stereocenters. The van der Waals surface area contributed by atoms with Crippen molar-refractivity contribution >= 4 is 0 Å². The molecule has 0 bridgehead atoms. The molecular formula is C16H34N2. The van der Waals surface area contributed by atoms with Crippen LogP contribution in [0.1, 0.15) is 60.3 Å². The van der Waals surface area contributed by atoms with Gasteiger partial charge in [0.1, 0.15) is 0 Å². The molecule has 0 radical (unpaired) electrons. The molecule has 1 aliphatic heterocycles. The van der Waals surface area contributed by atoms with Gasteiger partial charge in [0.2, 0.25) is 0 Å². The van der Waals surface area contributed by atoms with Crippen molar-refractivity contribution in [1.29, 1.82) is 0 Å². The van der Waals surface area contributed by atoms with Crippen LogP contribution in [0.25, 0.3) is 0 Å². The molecule has 0 aromatic carbocycles. The summed E-state index contributed by atoms with van der Waals surface area (Å²) in [6, 6.07) is 0.726. The van der Waals surface area contributed by atoms with E-state index in [1.54, 1.807) is 0 Å². The normalized spacial score (nSPS) is 22.7.